The number of hydrogen-bond acceptors (Lipinski definition) is 2. The standard InChI is InChI=1S/C6H6O.2C5H6.CN/c7-6-4-2-1-3-5-6;2*1-2-4-5-3-1;1-2/h1-5,7H;2*1-4H,5H2;/q;;;-1. The summed E-state index contributed by atoms with van der Waals surface area (Å²) < 4.78 is 0. The summed E-state index contributed by atoms with van der Waals surface area (Å²) in [5, 5.41) is 14.9. The van der Waals surface area contributed by atoms with Crippen molar-refractivity contribution in [1.82, 2.24) is 0 Å². The van der Waals surface area contributed by atoms with E-state index >= 15 is 0 Å². The smallest absolute Gasteiger partial charge is 0.115 e. The largest absolute Gasteiger partial charge is 0.512 e. The van der Waals surface area contributed by atoms with Gasteiger partial charge in [0.05, 0.1) is 0 Å². The third-order valence-corrected chi connectivity index (χ3v) is 2.07. The van der Waals surface area contributed by atoms with Crippen LogP contribution in [0.3, 0.4) is 0 Å². The summed E-state index contributed by atoms with van der Waals surface area (Å²) in [5.74, 6) is 0.322. The number of aromatic hydroxyl groups is 1. The van der Waals surface area contributed by atoms with Gasteiger partial charge in [0.15, 0.2) is 0 Å². The van der Waals surface area contributed by atoms with Gasteiger partial charge in [0.1, 0.15) is 5.75 Å². The first kappa shape index (κ1) is 16.5. The number of nitrogens with zero attached hydrogens (tertiary/aromatic N) is 1. The molecule has 19 heavy (non-hydrogen) atoms. The fourth-order valence-corrected chi connectivity index (χ4v) is 1.21. The summed E-state index contributed by atoms with van der Waals surface area (Å²) in [4.78, 5) is 0. The van der Waals surface area contributed by atoms with Crippen molar-refractivity contribution in [2.75, 3.05) is 0 Å². The van der Waals surface area contributed by atoms with E-state index in [9.17, 15) is 0 Å². The molecule has 1 aromatic carbocycles. The number of phenols is 1. The molecular formula is C17H18NO-. The Balaban J connectivity index is 0.000000244. The van der Waals surface area contributed by atoms with Gasteiger partial charge in [-0.05, 0) is 25.0 Å². The summed E-state index contributed by atoms with van der Waals surface area (Å²) >= 11 is 0. The number of hydrogen-bond donors (Lipinski definition) is 1. The molecule has 0 saturated carbocycles. The van der Waals surface area contributed by atoms with Crippen LogP contribution < -0.4 is 0 Å². The highest BCUT2D eigenvalue weighted by atomic mass is 16.3. The molecule has 1 aromatic rings. The minimum absolute atomic E-state index is 0.322. The van der Waals surface area contributed by atoms with Gasteiger partial charge < -0.3 is 16.9 Å². The molecule has 2 heteroatoms. The molecule has 0 heterocycles. The summed E-state index contributed by atoms with van der Waals surface area (Å²) in [6.07, 6.45) is 19.0. The molecule has 0 bridgehead atoms. The van der Waals surface area contributed by atoms with Crippen LogP contribution in [0.25, 0.3) is 0 Å². The molecule has 3 rings (SSSR count). The van der Waals surface area contributed by atoms with E-state index in [1.165, 1.54) is 0 Å². The Morgan fingerprint density at radius 1 is 0.737 bits per heavy atom. The summed E-state index contributed by atoms with van der Waals surface area (Å²) in [5.41, 5.74) is 0. The van der Waals surface area contributed by atoms with Crippen LogP contribution in [0.2, 0.25) is 0 Å². The lowest BCUT2D eigenvalue weighted by atomic mass is 10.3. The maximum Gasteiger partial charge on any atom is 0.115 e. The Hall–Kier alpha value is -2.53. The summed E-state index contributed by atoms with van der Waals surface area (Å²) in [6, 6.07) is 8.71. The van der Waals surface area contributed by atoms with Crippen molar-refractivity contribution < 1.29 is 5.11 Å². The van der Waals surface area contributed by atoms with Crippen molar-refractivity contribution in [2.24, 2.45) is 0 Å². The molecule has 0 aliphatic heterocycles. The zero-order valence-corrected chi connectivity index (χ0v) is 10.8. The third kappa shape index (κ3) is 11.7. The van der Waals surface area contributed by atoms with Gasteiger partial charge in [-0.25, -0.2) is 0 Å². The van der Waals surface area contributed by atoms with Crippen LogP contribution in [-0.4, -0.2) is 5.11 Å². The molecular weight excluding hydrogens is 234 g/mol. The van der Waals surface area contributed by atoms with Crippen molar-refractivity contribution in [3.05, 3.63) is 85.5 Å². The third-order valence-electron chi connectivity index (χ3n) is 2.07. The van der Waals surface area contributed by atoms with E-state index in [0.717, 1.165) is 12.8 Å². The average Bonchev–Trinajstić information content (AvgIpc) is 3.20. The first-order valence-electron chi connectivity index (χ1n) is 5.99. The molecule has 0 aromatic heterocycles. The number of phenolic OH excluding ortho intramolecular Hbond substituents is 1. The normalized spacial score (nSPS) is 12.5. The van der Waals surface area contributed by atoms with E-state index < -0.39 is 0 Å². The van der Waals surface area contributed by atoms with Crippen LogP contribution >= 0.6 is 0 Å². The molecule has 1 N–H and O–H groups in total. The maximum atomic E-state index is 8.63. The second-order valence-corrected chi connectivity index (χ2v) is 3.52. The van der Waals surface area contributed by atoms with Gasteiger partial charge >= 0.3 is 0 Å². The molecule has 0 fully saturated rings. The second-order valence-electron chi connectivity index (χ2n) is 3.52. The van der Waals surface area contributed by atoms with Crippen molar-refractivity contribution >= 4 is 0 Å². The van der Waals surface area contributed by atoms with Gasteiger partial charge in [0.2, 0.25) is 0 Å². The first-order valence-corrected chi connectivity index (χ1v) is 5.99. The Morgan fingerprint density at radius 2 is 1.11 bits per heavy atom. The fourth-order valence-electron chi connectivity index (χ4n) is 1.21. The average molecular weight is 252 g/mol. The quantitative estimate of drug-likeness (QED) is 0.691. The van der Waals surface area contributed by atoms with E-state index in [1.807, 2.05) is 6.07 Å². The van der Waals surface area contributed by atoms with Gasteiger partial charge in [0.25, 0.3) is 0 Å². The number of para-hydroxylation sites is 1. The van der Waals surface area contributed by atoms with Crippen LogP contribution in [0.4, 0.5) is 0 Å². The predicted molar refractivity (Wildman–Crippen MR) is 78.9 cm³/mol. The monoisotopic (exact) mass is 252 g/mol. The van der Waals surface area contributed by atoms with Gasteiger partial charge in [-0.2, -0.15) is 0 Å². The Bertz CT molecular complexity index is 397. The van der Waals surface area contributed by atoms with E-state index in [2.05, 4.69) is 48.6 Å². The minimum Gasteiger partial charge on any atom is -0.512 e. The van der Waals surface area contributed by atoms with Crippen LogP contribution in [0.15, 0.2) is 78.9 Å². The Kier molecular flexibility index (Phi) is 11.7. The fraction of sp³-hybridized carbons (Fsp3) is 0.118. The zero-order chi connectivity index (χ0) is 14.2. The molecule has 2 nitrogen and oxygen atoms in total. The maximum absolute atomic E-state index is 8.63. The molecule has 0 spiro atoms. The van der Waals surface area contributed by atoms with Crippen LogP contribution in [-0.2, 0) is 0 Å². The van der Waals surface area contributed by atoms with Gasteiger partial charge in [-0.15, -0.1) is 0 Å². The lowest BCUT2D eigenvalue weighted by Gasteiger charge is -1.82. The Labute approximate surface area is 115 Å². The van der Waals surface area contributed by atoms with Crippen molar-refractivity contribution in [1.29, 1.82) is 5.26 Å². The van der Waals surface area contributed by atoms with E-state index in [1.54, 1.807) is 24.3 Å². The second kappa shape index (κ2) is 13.5. The molecule has 0 saturated heterocycles. The molecule has 2 aliphatic carbocycles. The Morgan fingerprint density at radius 3 is 1.26 bits per heavy atom. The predicted octanol–water partition coefficient (Wildman–Crippen LogP) is 4.49. The highest BCUT2D eigenvalue weighted by molar-refractivity contribution is 5.18. The van der Waals surface area contributed by atoms with Crippen molar-refractivity contribution in [2.45, 2.75) is 12.8 Å². The van der Waals surface area contributed by atoms with Gasteiger partial charge in [0, 0.05) is 0 Å². The minimum atomic E-state index is 0.322. The van der Waals surface area contributed by atoms with Crippen molar-refractivity contribution in [3.63, 3.8) is 0 Å². The van der Waals surface area contributed by atoms with E-state index in [4.69, 9.17) is 16.9 Å². The number of rotatable bonds is 0. The van der Waals surface area contributed by atoms with Crippen LogP contribution in [0, 0.1) is 11.8 Å². The molecule has 2 aliphatic rings. The van der Waals surface area contributed by atoms with Crippen LogP contribution in [0.5, 0.6) is 5.75 Å². The SMILES string of the molecule is C1=CCC=C1.C1=CCC=C1.Oc1ccccc1.[C-]#N. The van der Waals surface area contributed by atoms with E-state index in [-0.39, 0.29) is 0 Å². The van der Waals surface area contributed by atoms with Gasteiger partial charge in [-0.1, -0.05) is 66.8 Å². The molecule has 0 atom stereocenters. The lowest BCUT2D eigenvalue weighted by molar-refractivity contribution is 0.475. The van der Waals surface area contributed by atoms with Crippen molar-refractivity contribution in [3.8, 4) is 5.75 Å². The van der Waals surface area contributed by atoms with E-state index in [0.29, 0.717) is 5.75 Å². The highest BCUT2D eigenvalue weighted by Gasteiger charge is 1.75. The highest BCUT2D eigenvalue weighted by Crippen LogP contribution is 2.02. The number of allylic oxidation sites excluding steroid dienone is 8. The van der Waals surface area contributed by atoms with Crippen LogP contribution in [0.1, 0.15) is 12.8 Å². The molecule has 98 valence electrons. The topological polar surface area (TPSA) is 44.0 Å². The first-order chi connectivity index (χ1) is 9.39. The van der Waals surface area contributed by atoms with Gasteiger partial charge in [-0.3, -0.25) is 0 Å². The summed E-state index contributed by atoms with van der Waals surface area (Å²) in [7, 11) is 0. The molecule has 0 radical (unpaired) electrons. The number of benzene rings is 1. The molecule has 0 amide bonds. The zero-order valence-electron chi connectivity index (χ0n) is 10.8. The lowest BCUT2D eigenvalue weighted by Crippen LogP contribution is -1.56. The molecule has 0 unspecified atom stereocenters. The summed E-state index contributed by atoms with van der Waals surface area (Å²) in [6.45, 7) is 4.75.